The first-order chi connectivity index (χ1) is 8.72. The van der Waals surface area contributed by atoms with Crippen LogP contribution >= 0.6 is 0 Å². The van der Waals surface area contributed by atoms with Crippen LogP contribution in [0.4, 0.5) is 0 Å². The Hall–Kier alpha value is -1.95. The molecule has 6 nitrogen and oxygen atoms in total. The number of amides is 1. The van der Waals surface area contributed by atoms with Gasteiger partial charge >= 0.3 is 0 Å². The molecular weight excluding hydrogens is 244 g/mol. The Morgan fingerprint density at radius 2 is 2.00 bits per heavy atom. The van der Waals surface area contributed by atoms with Crippen molar-refractivity contribution in [2.75, 3.05) is 0 Å². The molecular formula is C13H18N4O2. The molecule has 0 bridgehead atoms. The molecule has 2 N–H and O–H groups in total. The van der Waals surface area contributed by atoms with Crippen LogP contribution in [0.1, 0.15) is 38.1 Å². The second-order valence-electron chi connectivity index (χ2n) is 5.60. The van der Waals surface area contributed by atoms with Crippen molar-refractivity contribution < 1.29 is 9.90 Å². The van der Waals surface area contributed by atoms with Gasteiger partial charge < -0.3 is 10.4 Å². The molecule has 2 heterocycles. The van der Waals surface area contributed by atoms with Gasteiger partial charge in [0.25, 0.3) is 5.91 Å². The summed E-state index contributed by atoms with van der Waals surface area (Å²) in [6.07, 6.45) is 6.35. The van der Waals surface area contributed by atoms with E-state index in [4.69, 9.17) is 0 Å². The van der Waals surface area contributed by atoms with Gasteiger partial charge in [-0.15, -0.1) is 0 Å². The maximum absolute atomic E-state index is 12.3. The fourth-order valence-corrected chi connectivity index (χ4v) is 1.51. The quantitative estimate of drug-likeness (QED) is 0.865. The van der Waals surface area contributed by atoms with E-state index >= 15 is 0 Å². The fourth-order valence-electron chi connectivity index (χ4n) is 1.51. The third-order valence-corrected chi connectivity index (χ3v) is 3.52. The van der Waals surface area contributed by atoms with E-state index in [1.54, 1.807) is 50.8 Å². The van der Waals surface area contributed by atoms with Crippen LogP contribution in [0.3, 0.4) is 0 Å². The Bertz CT molecular complexity index is 610. The predicted molar refractivity (Wildman–Crippen MR) is 70.8 cm³/mol. The fraction of sp³-hybridized carbons (Fsp3) is 0.462. The number of fused-ring (bicyclic) bond motifs is 1. The molecule has 0 fully saturated rings. The van der Waals surface area contributed by atoms with Crippen LogP contribution in [0, 0.1) is 0 Å². The van der Waals surface area contributed by atoms with Crippen LogP contribution in [-0.2, 0) is 0 Å². The van der Waals surface area contributed by atoms with Crippen LogP contribution in [0.25, 0.3) is 5.52 Å². The molecule has 0 atom stereocenters. The summed E-state index contributed by atoms with van der Waals surface area (Å²) in [6, 6.07) is 0. The highest BCUT2D eigenvalue weighted by molar-refractivity contribution is 6.00. The molecule has 0 unspecified atom stereocenters. The lowest BCUT2D eigenvalue weighted by Gasteiger charge is -2.37. The van der Waals surface area contributed by atoms with Crippen LogP contribution in [-0.4, -0.2) is 36.8 Å². The SMILES string of the molecule is CC(C)(O)C(C)(C)NC(=O)c1cnn2ccncc12. The third-order valence-electron chi connectivity index (χ3n) is 3.52. The number of rotatable bonds is 3. The molecule has 0 aliphatic carbocycles. The zero-order chi connectivity index (χ0) is 14.3. The minimum atomic E-state index is -1.04. The Kier molecular flexibility index (Phi) is 3.06. The van der Waals surface area contributed by atoms with Crippen molar-refractivity contribution in [1.82, 2.24) is 19.9 Å². The normalized spacial score (nSPS) is 12.7. The Morgan fingerprint density at radius 3 is 2.63 bits per heavy atom. The summed E-state index contributed by atoms with van der Waals surface area (Å²) >= 11 is 0. The average molecular weight is 262 g/mol. The van der Waals surface area contributed by atoms with E-state index in [1.165, 1.54) is 6.20 Å². The van der Waals surface area contributed by atoms with Gasteiger partial charge in [-0.05, 0) is 27.7 Å². The molecule has 1 amide bonds. The van der Waals surface area contributed by atoms with Crippen molar-refractivity contribution in [3.05, 3.63) is 30.4 Å². The van der Waals surface area contributed by atoms with Crippen molar-refractivity contribution in [1.29, 1.82) is 0 Å². The zero-order valence-corrected chi connectivity index (χ0v) is 11.5. The van der Waals surface area contributed by atoms with Crippen LogP contribution in [0.15, 0.2) is 24.8 Å². The molecule has 0 saturated carbocycles. The Labute approximate surface area is 111 Å². The van der Waals surface area contributed by atoms with Gasteiger partial charge in [-0.3, -0.25) is 9.78 Å². The first-order valence-electron chi connectivity index (χ1n) is 6.04. The van der Waals surface area contributed by atoms with Gasteiger partial charge in [0.2, 0.25) is 0 Å². The number of nitrogens with one attached hydrogen (secondary N) is 1. The Morgan fingerprint density at radius 1 is 1.32 bits per heavy atom. The summed E-state index contributed by atoms with van der Waals surface area (Å²) in [4.78, 5) is 16.3. The molecule has 0 saturated heterocycles. The van der Waals surface area contributed by atoms with Gasteiger partial charge in [-0.25, -0.2) is 4.52 Å². The molecule has 2 aromatic heterocycles. The van der Waals surface area contributed by atoms with Crippen molar-refractivity contribution in [2.24, 2.45) is 0 Å². The highest BCUT2D eigenvalue weighted by Gasteiger charge is 2.36. The number of aliphatic hydroxyl groups is 1. The molecule has 0 aromatic carbocycles. The van der Waals surface area contributed by atoms with E-state index in [0.717, 1.165) is 0 Å². The zero-order valence-electron chi connectivity index (χ0n) is 11.5. The van der Waals surface area contributed by atoms with E-state index in [2.05, 4.69) is 15.4 Å². The van der Waals surface area contributed by atoms with Crippen molar-refractivity contribution in [3.8, 4) is 0 Å². The average Bonchev–Trinajstić information content (AvgIpc) is 2.70. The van der Waals surface area contributed by atoms with E-state index in [9.17, 15) is 9.90 Å². The number of nitrogens with zero attached hydrogens (tertiary/aromatic N) is 3. The number of hydrogen-bond acceptors (Lipinski definition) is 4. The standard InChI is InChI=1S/C13H18N4O2/c1-12(2,13(3,4)19)16-11(18)9-7-15-17-6-5-14-8-10(9)17/h5-8,19H,1-4H3,(H,16,18). The highest BCUT2D eigenvalue weighted by atomic mass is 16.3. The second kappa shape index (κ2) is 4.31. The summed E-state index contributed by atoms with van der Waals surface area (Å²) in [5.41, 5.74) is -0.735. The first kappa shape index (κ1) is 13.5. The van der Waals surface area contributed by atoms with Gasteiger partial charge in [0.05, 0.1) is 34.6 Å². The van der Waals surface area contributed by atoms with Crippen molar-refractivity contribution in [3.63, 3.8) is 0 Å². The van der Waals surface area contributed by atoms with Gasteiger partial charge in [0, 0.05) is 12.4 Å². The smallest absolute Gasteiger partial charge is 0.255 e. The number of carbonyl (C=O) groups excluding carboxylic acids is 1. The summed E-state index contributed by atoms with van der Waals surface area (Å²) in [5.74, 6) is -0.282. The van der Waals surface area contributed by atoms with Gasteiger partial charge in [-0.1, -0.05) is 0 Å². The van der Waals surface area contributed by atoms with Crippen LogP contribution in [0.2, 0.25) is 0 Å². The highest BCUT2D eigenvalue weighted by Crippen LogP contribution is 2.21. The van der Waals surface area contributed by atoms with Crippen molar-refractivity contribution in [2.45, 2.75) is 38.8 Å². The summed E-state index contributed by atoms with van der Waals surface area (Å²) < 4.78 is 1.58. The second-order valence-corrected chi connectivity index (χ2v) is 5.60. The van der Waals surface area contributed by atoms with E-state index in [-0.39, 0.29) is 5.91 Å². The van der Waals surface area contributed by atoms with Crippen LogP contribution in [0.5, 0.6) is 0 Å². The molecule has 102 valence electrons. The van der Waals surface area contributed by atoms with Gasteiger partial charge in [-0.2, -0.15) is 5.10 Å². The Balaban J connectivity index is 2.31. The molecule has 2 aromatic rings. The number of aromatic nitrogens is 3. The number of hydrogen-bond donors (Lipinski definition) is 2. The topological polar surface area (TPSA) is 79.5 Å². The molecule has 0 aliphatic heterocycles. The largest absolute Gasteiger partial charge is 0.388 e. The van der Waals surface area contributed by atoms with Crippen molar-refractivity contribution >= 4 is 11.4 Å². The maximum atomic E-state index is 12.3. The first-order valence-corrected chi connectivity index (χ1v) is 6.04. The van der Waals surface area contributed by atoms with Gasteiger partial charge in [0.1, 0.15) is 0 Å². The molecule has 6 heteroatoms. The van der Waals surface area contributed by atoms with E-state index < -0.39 is 11.1 Å². The molecule has 2 rings (SSSR count). The minimum absolute atomic E-state index is 0.282. The minimum Gasteiger partial charge on any atom is -0.388 e. The predicted octanol–water partition coefficient (Wildman–Crippen LogP) is 1.01. The molecule has 0 spiro atoms. The van der Waals surface area contributed by atoms with E-state index in [1.807, 2.05) is 0 Å². The lowest BCUT2D eigenvalue weighted by molar-refractivity contribution is -0.00289. The lowest BCUT2D eigenvalue weighted by Crippen LogP contribution is -2.57. The molecule has 19 heavy (non-hydrogen) atoms. The third kappa shape index (κ3) is 2.44. The van der Waals surface area contributed by atoms with E-state index in [0.29, 0.717) is 11.1 Å². The monoisotopic (exact) mass is 262 g/mol. The summed E-state index contributed by atoms with van der Waals surface area (Å²) in [7, 11) is 0. The lowest BCUT2D eigenvalue weighted by atomic mass is 9.86. The summed E-state index contributed by atoms with van der Waals surface area (Å²) in [5, 5.41) is 17.0. The van der Waals surface area contributed by atoms with Gasteiger partial charge in [0.15, 0.2) is 0 Å². The molecule has 0 aliphatic rings. The molecule has 0 radical (unpaired) electrons. The number of carbonyl (C=O) groups is 1. The van der Waals surface area contributed by atoms with Crippen LogP contribution < -0.4 is 5.32 Å². The summed E-state index contributed by atoms with van der Waals surface area (Å²) in [6.45, 7) is 6.86. The maximum Gasteiger partial charge on any atom is 0.255 e.